The van der Waals surface area contributed by atoms with Crippen molar-refractivity contribution in [2.75, 3.05) is 0 Å². The van der Waals surface area contributed by atoms with Crippen LogP contribution in [0.15, 0.2) is 11.8 Å². The van der Waals surface area contributed by atoms with E-state index in [9.17, 15) is 4.79 Å². The van der Waals surface area contributed by atoms with Crippen molar-refractivity contribution in [3.8, 4) is 0 Å². The van der Waals surface area contributed by atoms with E-state index in [-0.39, 0.29) is 10.8 Å². The first-order chi connectivity index (χ1) is 9.91. The van der Waals surface area contributed by atoms with Crippen molar-refractivity contribution < 1.29 is 9.22 Å². The summed E-state index contributed by atoms with van der Waals surface area (Å²) in [6.07, 6.45) is 5.91. The molecule has 0 N–H and O–H groups in total. The van der Waals surface area contributed by atoms with E-state index in [0.29, 0.717) is 24.0 Å². The fourth-order valence-electron chi connectivity index (χ4n) is 3.77. The molecule has 0 saturated heterocycles. The van der Waals surface area contributed by atoms with Gasteiger partial charge in [-0.05, 0) is 48.8 Å². The average Bonchev–Trinajstić information content (AvgIpc) is 2.30. The van der Waals surface area contributed by atoms with Crippen LogP contribution in [0.1, 0.15) is 67.2 Å². The summed E-state index contributed by atoms with van der Waals surface area (Å²) >= 11 is 0. The Balaban J connectivity index is 3.14. The number of ketones is 1. The molecular formula is C19H36O2Si. The third-order valence-corrected chi connectivity index (χ3v) is 5.20. The number of carbonyl (C=O) groups is 1. The highest BCUT2D eigenvalue weighted by Gasteiger charge is 2.35. The van der Waals surface area contributed by atoms with E-state index in [0.717, 1.165) is 25.0 Å². The van der Waals surface area contributed by atoms with E-state index >= 15 is 0 Å². The number of hydrogen-bond acceptors (Lipinski definition) is 2. The van der Waals surface area contributed by atoms with Crippen molar-refractivity contribution in [1.82, 2.24) is 0 Å². The van der Waals surface area contributed by atoms with E-state index < -0.39 is 9.04 Å². The normalized spacial score (nSPS) is 21.6. The van der Waals surface area contributed by atoms with Gasteiger partial charge >= 0.3 is 0 Å². The first-order valence-corrected chi connectivity index (χ1v) is 11.6. The summed E-state index contributed by atoms with van der Waals surface area (Å²) in [5.74, 6) is 2.26. The molecule has 0 aliphatic heterocycles. The molecule has 1 fully saturated rings. The van der Waals surface area contributed by atoms with E-state index in [1.54, 1.807) is 0 Å². The standard InChI is InChI=1S/C19H36O2Si/c1-18(2,3)17(19(4,5)6)13-16(21-22(7)8)14-10-9-11-15(20)12-14/h13-14,17,22H,9-12H2,1-8H3. The molecule has 0 aromatic carbocycles. The minimum atomic E-state index is -1.17. The number of carbonyl (C=O) groups excluding carboxylic acids is 1. The van der Waals surface area contributed by atoms with Crippen molar-refractivity contribution in [3.05, 3.63) is 11.8 Å². The highest BCUT2D eigenvalue weighted by atomic mass is 28.3. The maximum absolute atomic E-state index is 11.9. The molecule has 0 amide bonds. The van der Waals surface area contributed by atoms with Gasteiger partial charge in [0, 0.05) is 18.8 Å². The fraction of sp³-hybridized carbons (Fsp3) is 0.842. The molecule has 0 bridgehead atoms. The zero-order chi connectivity index (χ0) is 17.1. The second-order valence-electron chi connectivity index (χ2n) is 9.28. The Bertz CT molecular complexity index is 396. The van der Waals surface area contributed by atoms with Gasteiger partial charge in [0.05, 0.1) is 5.76 Å². The van der Waals surface area contributed by atoms with Gasteiger partial charge in [0.1, 0.15) is 5.78 Å². The second-order valence-corrected chi connectivity index (χ2v) is 11.6. The molecular weight excluding hydrogens is 288 g/mol. The van der Waals surface area contributed by atoms with Gasteiger partial charge in [-0.2, -0.15) is 0 Å². The molecule has 1 atom stereocenters. The lowest BCUT2D eigenvalue weighted by Crippen LogP contribution is -2.32. The predicted molar refractivity (Wildman–Crippen MR) is 97.4 cm³/mol. The van der Waals surface area contributed by atoms with Crippen molar-refractivity contribution in [1.29, 1.82) is 0 Å². The van der Waals surface area contributed by atoms with Crippen LogP contribution in [0.5, 0.6) is 0 Å². The molecule has 0 heterocycles. The lowest BCUT2D eigenvalue weighted by molar-refractivity contribution is -0.121. The minimum absolute atomic E-state index is 0.185. The van der Waals surface area contributed by atoms with Gasteiger partial charge < -0.3 is 4.43 Å². The van der Waals surface area contributed by atoms with Crippen LogP contribution < -0.4 is 0 Å². The Morgan fingerprint density at radius 1 is 1.18 bits per heavy atom. The Kier molecular flexibility index (Phi) is 6.49. The topological polar surface area (TPSA) is 26.3 Å². The first kappa shape index (κ1) is 19.5. The van der Waals surface area contributed by atoms with E-state index in [1.807, 2.05) is 0 Å². The summed E-state index contributed by atoms with van der Waals surface area (Å²) in [5.41, 5.74) is 0.369. The Hall–Kier alpha value is -0.573. The maximum Gasteiger partial charge on any atom is 0.229 e. The molecule has 1 saturated carbocycles. The second kappa shape index (κ2) is 7.33. The molecule has 3 heteroatoms. The zero-order valence-corrected chi connectivity index (χ0v) is 17.1. The van der Waals surface area contributed by atoms with Crippen molar-refractivity contribution in [2.45, 2.75) is 80.3 Å². The van der Waals surface area contributed by atoms with Crippen LogP contribution in [0.2, 0.25) is 13.1 Å². The number of hydrogen-bond donors (Lipinski definition) is 0. The molecule has 22 heavy (non-hydrogen) atoms. The summed E-state index contributed by atoms with van der Waals surface area (Å²) < 4.78 is 6.31. The van der Waals surface area contributed by atoms with Crippen LogP contribution in [0.25, 0.3) is 0 Å². The lowest BCUT2D eigenvalue weighted by atomic mass is 9.66. The smallest absolute Gasteiger partial charge is 0.229 e. The van der Waals surface area contributed by atoms with Gasteiger partial charge in [-0.15, -0.1) is 0 Å². The quantitative estimate of drug-likeness (QED) is 0.515. The maximum atomic E-state index is 11.9. The Morgan fingerprint density at radius 3 is 2.14 bits per heavy atom. The summed E-state index contributed by atoms with van der Waals surface area (Å²) in [7, 11) is -1.17. The van der Waals surface area contributed by atoms with E-state index in [4.69, 9.17) is 4.43 Å². The molecule has 1 rings (SSSR count). The Labute approximate surface area is 139 Å². The van der Waals surface area contributed by atoms with Gasteiger partial charge in [0.25, 0.3) is 0 Å². The molecule has 0 spiro atoms. The van der Waals surface area contributed by atoms with Crippen LogP contribution in [-0.2, 0) is 9.22 Å². The summed E-state index contributed by atoms with van der Waals surface area (Å²) in [5, 5.41) is 0. The van der Waals surface area contributed by atoms with Gasteiger partial charge in [-0.25, -0.2) is 0 Å². The SMILES string of the molecule is C[SiH](C)OC(=CC(C(C)(C)C)C(C)(C)C)C1CCCC(=O)C1. The molecule has 1 unspecified atom stereocenters. The van der Waals surface area contributed by atoms with Crippen LogP contribution in [0.3, 0.4) is 0 Å². The van der Waals surface area contributed by atoms with E-state index in [1.165, 1.54) is 0 Å². The molecule has 1 aliphatic rings. The number of allylic oxidation sites excluding steroid dienone is 2. The minimum Gasteiger partial charge on any atom is -0.550 e. The van der Waals surface area contributed by atoms with Gasteiger partial charge in [-0.3, -0.25) is 4.79 Å². The lowest BCUT2D eigenvalue weighted by Gasteiger charge is -2.40. The molecule has 128 valence electrons. The monoisotopic (exact) mass is 324 g/mol. The fourth-order valence-corrected chi connectivity index (χ4v) is 4.59. The molecule has 0 radical (unpaired) electrons. The molecule has 2 nitrogen and oxygen atoms in total. The van der Waals surface area contributed by atoms with Crippen LogP contribution >= 0.6 is 0 Å². The largest absolute Gasteiger partial charge is 0.550 e. The van der Waals surface area contributed by atoms with E-state index in [2.05, 4.69) is 60.7 Å². The number of rotatable bonds is 4. The third-order valence-electron chi connectivity index (χ3n) is 4.45. The van der Waals surface area contributed by atoms with Crippen LogP contribution in [-0.4, -0.2) is 14.8 Å². The van der Waals surface area contributed by atoms with Crippen LogP contribution in [0, 0.1) is 22.7 Å². The predicted octanol–water partition coefficient (Wildman–Crippen LogP) is 5.34. The van der Waals surface area contributed by atoms with Crippen molar-refractivity contribution in [2.24, 2.45) is 22.7 Å². The van der Waals surface area contributed by atoms with Crippen LogP contribution in [0.4, 0.5) is 0 Å². The number of Topliss-reactive ketones (excluding diaryl/α,β-unsaturated/α-hetero) is 1. The molecule has 0 aromatic rings. The first-order valence-electron chi connectivity index (χ1n) is 8.81. The summed E-state index contributed by atoms with van der Waals surface area (Å²) in [6.45, 7) is 18.2. The summed E-state index contributed by atoms with van der Waals surface area (Å²) in [6, 6.07) is 0. The highest BCUT2D eigenvalue weighted by molar-refractivity contribution is 6.48. The third kappa shape index (κ3) is 5.90. The van der Waals surface area contributed by atoms with Gasteiger partial charge in [-0.1, -0.05) is 41.5 Å². The van der Waals surface area contributed by atoms with Gasteiger partial charge in [0.15, 0.2) is 0 Å². The van der Waals surface area contributed by atoms with Crippen molar-refractivity contribution >= 4 is 14.8 Å². The Morgan fingerprint density at radius 2 is 1.73 bits per heavy atom. The molecule has 0 aromatic heterocycles. The average molecular weight is 325 g/mol. The summed E-state index contributed by atoms with van der Waals surface area (Å²) in [4.78, 5) is 11.9. The van der Waals surface area contributed by atoms with Crippen molar-refractivity contribution in [3.63, 3.8) is 0 Å². The highest BCUT2D eigenvalue weighted by Crippen LogP contribution is 2.43. The molecule has 1 aliphatic carbocycles. The zero-order valence-electron chi connectivity index (χ0n) is 16.0. The van der Waals surface area contributed by atoms with Gasteiger partial charge in [0.2, 0.25) is 9.04 Å².